The summed E-state index contributed by atoms with van der Waals surface area (Å²) in [6, 6.07) is 0.196. The smallest absolute Gasteiger partial charge is 0.410 e. The first kappa shape index (κ1) is 16.1. The molecule has 0 saturated carbocycles. The molecule has 2 aliphatic rings. The molecule has 4 nitrogen and oxygen atoms in total. The number of hydrogen-bond donors (Lipinski definition) is 0. The molecule has 21 heavy (non-hydrogen) atoms. The van der Waals surface area contributed by atoms with Crippen molar-refractivity contribution in [2.45, 2.75) is 52.2 Å². The Morgan fingerprint density at radius 2 is 2.10 bits per heavy atom. The van der Waals surface area contributed by atoms with Gasteiger partial charge >= 0.3 is 6.09 Å². The molecule has 0 aromatic heterocycles. The lowest BCUT2D eigenvalue weighted by Crippen LogP contribution is -2.55. The van der Waals surface area contributed by atoms with Gasteiger partial charge in [-0.15, -0.1) is 0 Å². The maximum Gasteiger partial charge on any atom is 0.410 e. The Morgan fingerprint density at radius 3 is 2.67 bits per heavy atom. The van der Waals surface area contributed by atoms with Crippen molar-refractivity contribution >= 4 is 6.09 Å². The van der Waals surface area contributed by atoms with Crippen LogP contribution in [0.5, 0.6) is 0 Å². The molecule has 1 saturated heterocycles. The number of amides is 1. The minimum absolute atomic E-state index is 0.188. The van der Waals surface area contributed by atoms with E-state index < -0.39 is 5.60 Å². The maximum atomic E-state index is 12.2. The van der Waals surface area contributed by atoms with Crippen molar-refractivity contribution < 1.29 is 9.53 Å². The number of carbonyl (C=O) groups excluding carboxylic acids is 1. The van der Waals surface area contributed by atoms with Crippen LogP contribution in [-0.4, -0.2) is 53.7 Å². The van der Waals surface area contributed by atoms with Crippen LogP contribution >= 0.6 is 0 Å². The highest BCUT2D eigenvalue weighted by Gasteiger charge is 2.30. The molecule has 0 spiro atoms. The molecule has 1 aliphatic heterocycles. The van der Waals surface area contributed by atoms with E-state index in [4.69, 9.17) is 4.74 Å². The summed E-state index contributed by atoms with van der Waals surface area (Å²) in [7, 11) is 0. The minimum atomic E-state index is -0.425. The average Bonchev–Trinajstić information content (AvgIpc) is 2.37. The third-order valence-corrected chi connectivity index (χ3v) is 3.82. The van der Waals surface area contributed by atoms with E-state index in [1.54, 1.807) is 0 Å². The Balaban J connectivity index is 1.85. The van der Waals surface area contributed by atoms with Crippen LogP contribution in [0, 0.1) is 0 Å². The fraction of sp³-hybridized carbons (Fsp3) is 0.706. The predicted molar refractivity (Wildman–Crippen MR) is 85.3 cm³/mol. The van der Waals surface area contributed by atoms with Gasteiger partial charge in [-0.1, -0.05) is 18.2 Å². The van der Waals surface area contributed by atoms with Gasteiger partial charge in [0.05, 0.1) is 0 Å². The molecule has 0 aromatic carbocycles. The Kier molecular flexibility index (Phi) is 5.09. The van der Waals surface area contributed by atoms with Crippen LogP contribution in [0.25, 0.3) is 0 Å². The molecular formula is C17H28N2O2. The SMILES string of the molecule is C[C@H]1CN(CC2=CCCC=C2)CCN1C(=O)OC(C)(C)C. The summed E-state index contributed by atoms with van der Waals surface area (Å²) >= 11 is 0. The molecule has 1 fully saturated rings. The zero-order valence-corrected chi connectivity index (χ0v) is 13.8. The van der Waals surface area contributed by atoms with Crippen molar-refractivity contribution in [3.63, 3.8) is 0 Å². The molecule has 0 aromatic rings. The highest BCUT2D eigenvalue weighted by molar-refractivity contribution is 5.68. The second kappa shape index (κ2) is 6.65. The van der Waals surface area contributed by atoms with Crippen LogP contribution in [0.2, 0.25) is 0 Å². The summed E-state index contributed by atoms with van der Waals surface area (Å²) < 4.78 is 5.48. The summed E-state index contributed by atoms with van der Waals surface area (Å²) in [4.78, 5) is 16.5. The first-order chi connectivity index (χ1) is 9.85. The second-order valence-electron chi connectivity index (χ2n) is 7.02. The molecule has 1 atom stereocenters. The normalized spacial score (nSPS) is 23.9. The van der Waals surface area contributed by atoms with Crippen molar-refractivity contribution in [1.29, 1.82) is 0 Å². The molecule has 1 aliphatic carbocycles. The number of rotatable bonds is 2. The topological polar surface area (TPSA) is 32.8 Å². The summed E-state index contributed by atoms with van der Waals surface area (Å²) in [5, 5.41) is 0. The quantitative estimate of drug-likeness (QED) is 0.783. The van der Waals surface area contributed by atoms with Crippen LogP contribution in [-0.2, 0) is 4.74 Å². The fourth-order valence-corrected chi connectivity index (χ4v) is 2.81. The molecule has 0 unspecified atom stereocenters. The number of hydrogen-bond acceptors (Lipinski definition) is 3. The Morgan fingerprint density at radius 1 is 1.33 bits per heavy atom. The minimum Gasteiger partial charge on any atom is -0.444 e. The molecule has 2 rings (SSSR count). The van der Waals surface area contributed by atoms with Crippen LogP contribution in [0.1, 0.15) is 40.5 Å². The van der Waals surface area contributed by atoms with E-state index in [1.165, 1.54) is 5.57 Å². The molecule has 0 bridgehead atoms. The van der Waals surface area contributed by atoms with Crippen molar-refractivity contribution in [3.8, 4) is 0 Å². The molecule has 1 amide bonds. The van der Waals surface area contributed by atoms with Gasteiger partial charge in [0, 0.05) is 32.2 Å². The standard InChI is InChI=1S/C17H28N2O2/c1-14-12-18(13-15-8-6-5-7-9-15)10-11-19(14)16(20)21-17(2,3)4/h6,8-9,14H,5,7,10-13H2,1-4H3/t14-/m0/s1. The molecular weight excluding hydrogens is 264 g/mol. The van der Waals surface area contributed by atoms with Gasteiger partial charge in [-0.3, -0.25) is 4.90 Å². The van der Waals surface area contributed by atoms with Crippen LogP contribution in [0.4, 0.5) is 4.79 Å². The lowest BCUT2D eigenvalue weighted by atomic mass is 10.1. The number of ether oxygens (including phenoxy) is 1. The molecule has 0 radical (unpaired) electrons. The first-order valence-electron chi connectivity index (χ1n) is 7.93. The second-order valence-corrected chi connectivity index (χ2v) is 7.02. The highest BCUT2D eigenvalue weighted by atomic mass is 16.6. The molecule has 118 valence electrons. The lowest BCUT2D eigenvalue weighted by Gasteiger charge is -2.40. The van der Waals surface area contributed by atoms with E-state index in [0.29, 0.717) is 0 Å². The van der Waals surface area contributed by atoms with E-state index in [9.17, 15) is 4.79 Å². The van der Waals surface area contributed by atoms with Gasteiger partial charge in [0.25, 0.3) is 0 Å². The van der Waals surface area contributed by atoms with Crippen LogP contribution < -0.4 is 0 Å². The molecule has 4 heteroatoms. The van der Waals surface area contributed by atoms with Crippen molar-refractivity contribution in [3.05, 3.63) is 23.8 Å². The fourth-order valence-electron chi connectivity index (χ4n) is 2.81. The Bertz CT molecular complexity index is 435. The van der Waals surface area contributed by atoms with E-state index >= 15 is 0 Å². The van der Waals surface area contributed by atoms with E-state index in [2.05, 4.69) is 30.1 Å². The van der Waals surface area contributed by atoms with Gasteiger partial charge in [-0.2, -0.15) is 0 Å². The molecule has 0 N–H and O–H groups in total. The lowest BCUT2D eigenvalue weighted by molar-refractivity contribution is 0.00260. The van der Waals surface area contributed by atoms with Crippen molar-refractivity contribution in [1.82, 2.24) is 9.80 Å². The largest absolute Gasteiger partial charge is 0.444 e. The molecule has 1 heterocycles. The third kappa shape index (κ3) is 4.88. The van der Waals surface area contributed by atoms with Crippen LogP contribution in [0.3, 0.4) is 0 Å². The van der Waals surface area contributed by atoms with E-state index in [1.807, 2.05) is 25.7 Å². The van der Waals surface area contributed by atoms with Crippen molar-refractivity contribution in [2.75, 3.05) is 26.2 Å². The number of piperazine rings is 1. The summed E-state index contributed by atoms with van der Waals surface area (Å²) in [5.41, 5.74) is 0.977. The monoisotopic (exact) mass is 292 g/mol. The number of allylic oxidation sites excluding steroid dienone is 2. The summed E-state index contributed by atoms with van der Waals surface area (Å²) in [6.07, 6.45) is 8.92. The van der Waals surface area contributed by atoms with Gasteiger partial charge in [0.2, 0.25) is 0 Å². The van der Waals surface area contributed by atoms with Gasteiger partial charge in [0.1, 0.15) is 5.60 Å². The number of nitrogens with zero attached hydrogens (tertiary/aromatic N) is 2. The first-order valence-corrected chi connectivity index (χ1v) is 7.93. The van der Waals surface area contributed by atoms with Crippen LogP contribution in [0.15, 0.2) is 23.8 Å². The van der Waals surface area contributed by atoms with Gasteiger partial charge in [0.15, 0.2) is 0 Å². The van der Waals surface area contributed by atoms with Gasteiger partial charge in [-0.25, -0.2) is 4.79 Å². The summed E-state index contributed by atoms with van der Waals surface area (Å²) in [6.45, 7) is 11.4. The predicted octanol–water partition coefficient (Wildman–Crippen LogP) is 3.20. The van der Waals surface area contributed by atoms with Gasteiger partial charge < -0.3 is 9.64 Å². The summed E-state index contributed by atoms with van der Waals surface area (Å²) in [5.74, 6) is 0. The number of carbonyl (C=O) groups is 1. The Hall–Kier alpha value is -1.29. The Labute approximate surface area is 128 Å². The van der Waals surface area contributed by atoms with Crippen molar-refractivity contribution in [2.24, 2.45) is 0 Å². The maximum absolute atomic E-state index is 12.2. The average molecular weight is 292 g/mol. The highest BCUT2D eigenvalue weighted by Crippen LogP contribution is 2.17. The zero-order valence-electron chi connectivity index (χ0n) is 13.8. The zero-order chi connectivity index (χ0) is 15.5. The third-order valence-electron chi connectivity index (χ3n) is 3.82. The van der Waals surface area contributed by atoms with Gasteiger partial charge in [-0.05, 0) is 46.1 Å². The van der Waals surface area contributed by atoms with E-state index in [0.717, 1.165) is 39.0 Å². The van der Waals surface area contributed by atoms with E-state index in [-0.39, 0.29) is 12.1 Å².